The van der Waals surface area contributed by atoms with Gasteiger partial charge in [-0.05, 0) is 55.8 Å². The van der Waals surface area contributed by atoms with Gasteiger partial charge in [-0.3, -0.25) is 9.59 Å². The second-order valence-electron chi connectivity index (χ2n) is 13.4. The number of nitrogens with zero attached hydrogens (tertiary/aromatic N) is 3. The molecule has 0 bridgehead atoms. The molecular weight excluding hydrogens is 737 g/mol. The summed E-state index contributed by atoms with van der Waals surface area (Å²) in [5.74, 6) is 0.699. The van der Waals surface area contributed by atoms with Crippen molar-refractivity contribution in [3.8, 4) is 39.6 Å². The van der Waals surface area contributed by atoms with Crippen LogP contribution >= 0.6 is 23.2 Å². The first-order valence-corrected chi connectivity index (χ1v) is 18.5. The number of halogens is 2. The van der Waals surface area contributed by atoms with Gasteiger partial charge in [0, 0.05) is 51.6 Å². The van der Waals surface area contributed by atoms with E-state index in [2.05, 4.69) is 5.32 Å². The zero-order chi connectivity index (χ0) is 38.2. The van der Waals surface area contributed by atoms with Crippen LogP contribution < -0.4 is 20.5 Å². The highest BCUT2D eigenvalue weighted by molar-refractivity contribution is 6.34. The minimum atomic E-state index is -0.539. The van der Waals surface area contributed by atoms with Crippen LogP contribution in [0.1, 0.15) is 36.3 Å². The molecule has 1 aromatic heterocycles. The van der Waals surface area contributed by atoms with Crippen LogP contribution in [0, 0.1) is 0 Å². The van der Waals surface area contributed by atoms with Crippen molar-refractivity contribution in [1.82, 2.24) is 14.7 Å². The Balaban J connectivity index is 1.27. The number of nitrogens with two attached hydrogens (primary N) is 1. The number of rotatable bonds is 16. The fourth-order valence-corrected chi connectivity index (χ4v) is 6.95. The summed E-state index contributed by atoms with van der Waals surface area (Å²) in [6, 6.07) is 16.4. The standard InChI is InChI=1S/C39H45Cl2N5O8/c1-39(2)24-53-12-9-45(39)38(48)36-32-23-54-34-22-33(49-3)30(21-31(34)37(32)46(44-36)29-19-26(40)18-27(41)20-29)25-5-4-6-28(17-25)43-35(47)7-10-50-13-15-52-16-14-51-11-8-42/h4-6,17-22H,7-16,23-24,42H2,1-3H3,(H,43,47). The smallest absolute Gasteiger partial charge is 0.275 e. The van der Waals surface area contributed by atoms with Crippen LogP contribution in [0.3, 0.4) is 0 Å². The molecule has 0 aliphatic carbocycles. The molecule has 0 radical (unpaired) electrons. The number of nitrogens with one attached hydrogen (secondary N) is 1. The molecule has 1 fully saturated rings. The highest BCUT2D eigenvalue weighted by Gasteiger charge is 2.39. The van der Waals surface area contributed by atoms with Crippen molar-refractivity contribution in [2.24, 2.45) is 5.73 Å². The SMILES string of the molecule is COc1cc2c(cc1-c1cccc(NC(=O)CCOCCOCCOCCN)c1)-c1c(c(C(=O)N3CCOCC3(C)C)nn1-c1cc(Cl)cc(Cl)c1)CO2. The molecule has 2 aliphatic heterocycles. The lowest BCUT2D eigenvalue weighted by molar-refractivity contribution is -0.117. The first-order chi connectivity index (χ1) is 26.1. The normalized spacial score (nSPS) is 14.6. The van der Waals surface area contributed by atoms with E-state index in [9.17, 15) is 9.59 Å². The Morgan fingerprint density at radius 3 is 2.37 bits per heavy atom. The van der Waals surface area contributed by atoms with E-state index < -0.39 is 5.54 Å². The quantitative estimate of drug-likeness (QED) is 0.130. The summed E-state index contributed by atoms with van der Waals surface area (Å²) >= 11 is 12.9. The van der Waals surface area contributed by atoms with Gasteiger partial charge in [0.05, 0.1) is 83.3 Å². The Morgan fingerprint density at radius 2 is 1.67 bits per heavy atom. The number of methoxy groups -OCH3 is 1. The maximum Gasteiger partial charge on any atom is 0.275 e. The van der Waals surface area contributed by atoms with E-state index in [0.717, 1.165) is 11.1 Å². The zero-order valence-electron chi connectivity index (χ0n) is 30.6. The molecule has 3 N–H and O–H groups in total. The summed E-state index contributed by atoms with van der Waals surface area (Å²) in [5, 5.41) is 8.72. The summed E-state index contributed by atoms with van der Waals surface area (Å²) in [5.41, 5.74) is 9.83. The summed E-state index contributed by atoms with van der Waals surface area (Å²) in [6.45, 7) is 8.24. The first-order valence-electron chi connectivity index (χ1n) is 17.8. The summed E-state index contributed by atoms with van der Waals surface area (Å²) in [4.78, 5) is 28.9. The number of hydrogen-bond acceptors (Lipinski definition) is 10. The van der Waals surface area contributed by atoms with Gasteiger partial charge in [0.1, 0.15) is 18.1 Å². The fourth-order valence-electron chi connectivity index (χ4n) is 6.43. The largest absolute Gasteiger partial charge is 0.496 e. The summed E-state index contributed by atoms with van der Waals surface area (Å²) < 4.78 is 35.8. The lowest BCUT2D eigenvalue weighted by Crippen LogP contribution is -2.55. The second-order valence-corrected chi connectivity index (χ2v) is 14.3. The molecule has 3 heterocycles. The van der Waals surface area contributed by atoms with E-state index in [0.29, 0.717) is 109 Å². The molecule has 1 saturated heterocycles. The van der Waals surface area contributed by atoms with Gasteiger partial charge in [0.25, 0.3) is 5.91 Å². The van der Waals surface area contributed by atoms with Crippen LogP contribution in [0.2, 0.25) is 10.0 Å². The predicted molar refractivity (Wildman–Crippen MR) is 206 cm³/mol. The van der Waals surface area contributed by atoms with Crippen molar-refractivity contribution in [2.75, 3.05) is 78.4 Å². The molecule has 4 aromatic rings. The number of anilines is 1. The number of ether oxygens (including phenoxy) is 6. The molecule has 0 saturated carbocycles. The maximum atomic E-state index is 14.3. The maximum absolute atomic E-state index is 14.3. The highest BCUT2D eigenvalue weighted by Crippen LogP contribution is 2.47. The molecule has 0 unspecified atom stereocenters. The number of carbonyl (C=O) groups excluding carboxylic acids is 2. The third kappa shape index (κ3) is 9.17. The number of fused-ring (bicyclic) bond motifs is 3. The lowest BCUT2D eigenvalue weighted by atomic mass is 9.95. The van der Waals surface area contributed by atoms with E-state index in [1.54, 1.807) is 34.9 Å². The predicted octanol–water partition coefficient (Wildman–Crippen LogP) is 6.00. The average Bonchev–Trinajstić information content (AvgIpc) is 3.55. The molecule has 2 aliphatic rings. The van der Waals surface area contributed by atoms with E-state index in [1.165, 1.54) is 0 Å². The van der Waals surface area contributed by atoms with Crippen molar-refractivity contribution >= 4 is 40.7 Å². The third-order valence-corrected chi connectivity index (χ3v) is 9.47. The number of amides is 2. The molecule has 0 spiro atoms. The van der Waals surface area contributed by atoms with Crippen LogP contribution in [-0.2, 0) is 30.3 Å². The number of benzene rings is 3. The topological polar surface area (TPSA) is 149 Å². The minimum absolute atomic E-state index is 0.105. The fraction of sp³-hybridized carbons (Fsp3) is 0.410. The van der Waals surface area contributed by atoms with Gasteiger partial charge in [-0.1, -0.05) is 35.3 Å². The molecular formula is C39H45Cl2N5O8. The molecule has 0 atom stereocenters. The number of carbonyl (C=O) groups is 2. The van der Waals surface area contributed by atoms with E-state index in [4.69, 9.17) is 62.5 Å². The second kappa shape index (κ2) is 17.9. The van der Waals surface area contributed by atoms with Crippen LogP contribution in [0.5, 0.6) is 11.5 Å². The molecule has 13 nitrogen and oxygen atoms in total. The monoisotopic (exact) mass is 781 g/mol. The highest BCUT2D eigenvalue weighted by atomic mass is 35.5. The van der Waals surface area contributed by atoms with Crippen LogP contribution in [-0.4, -0.2) is 105 Å². The van der Waals surface area contributed by atoms with E-state index in [-0.39, 0.29) is 37.1 Å². The summed E-state index contributed by atoms with van der Waals surface area (Å²) in [7, 11) is 1.59. The van der Waals surface area contributed by atoms with Crippen LogP contribution in [0.25, 0.3) is 28.1 Å². The van der Waals surface area contributed by atoms with Crippen molar-refractivity contribution in [3.63, 3.8) is 0 Å². The molecule has 54 heavy (non-hydrogen) atoms. The van der Waals surface area contributed by atoms with Gasteiger partial charge in [-0.25, -0.2) is 4.68 Å². The Morgan fingerprint density at radius 1 is 0.944 bits per heavy atom. The summed E-state index contributed by atoms with van der Waals surface area (Å²) in [6.07, 6.45) is 0.173. The van der Waals surface area contributed by atoms with Gasteiger partial charge in [0.15, 0.2) is 5.69 Å². The van der Waals surface area contributed by atoms with Crippen molar-refractivity contribution in [1.29, 1.82) is 0 Å². The number of hydrogen-bond donors (Lipinski definition) is 2. The van der Waals surface area contributed by atoms with Gasteiger partial charge >= 0.3 is 0 Å². The Labute approximate surface area is 324 Å². The number of aromatic nitrogens is 2. The Bertz CT molecular complexity index is 1950. The molecule has 288 valence electrons. The lowest BCUT2D eigenvalue weighted by Gasteiger charge is -2.41. The average molecular weight is 783 g/mol. The Hall–Kier alpha value is -4.21. The molecule has 6 rings (SSSR count). The molecule has 3 aromatic carbocycles. The van der Waals surface area contributed by atoms with Gasteiger partial charge < -0.3 is 44.4 Å². The minimum Gasteiger partial charge on any atom is -0.496 e. The Kier molecular flexibility index (Phi) is 13.1. The van der Waals surface area contributed by atoms with Gasteiger partial charge in [-0.2, -0.15) is 5.10 Å². The first kappa shape index (κ1) is 39.5. The van der Waals surface area contributed by atoms with Crippen LogP contribution in [0.4, 0.5) is 5.69 Å². The van der Waals surface area contributed by atoms with Gasteiger partial charge in [0.2, 0.25) is 5.91 Å². The van der Waals surface area contributed by atoms with E-state index >= 15 is 0 Å². The van der Waals surface area contributed by atoms with Crippen LogP contribution in [0.15, 0.2) is 54.6 Å². The van der Waals surface area contributed by atoms with E-state index in [1.807, 2.05) is 50.2 Å². The number of morpholine rings is 1. The molecule has 2 amide bonds. The zero-order valence-corrected chi connectivity index (χ0v) is 32.1. The van der Waals surface area contributed by atoms with Crippen molar-refractivity contribution < 1.29 is 38.0 Å². The van der Waals surface area contributed by atoms with Gasteiger partial charge in [-0.15, -0.1) is 0 Å². The molecule has 15 heteroatoms. The van der Waals surface area contributed by atoms with Crippen molar-refractivity contribution in [3.05, 3.63) is 75.9 Å². The third-order valence-electron chi connectivity index (χ3n) is 9.03. The van der Waals surface area contributed by atoms with Crippen molar-refractivity contribution in [2.45, 2.75) is 32.4 Å².